The number of nitriles is 1. The number of carbonyl (C=O) groups is 1. The number of pyridine rings is 1. The van der Waals surface area contributed by atoms with Crippen LogP contribution in [0.1, 0.15) is 31.0 Å². The first kappa shape index (κ1) is 15.5. The second-order valence-electron chi connectivity index (χ2n) is 4.53. The van der Waals surface area contributed by atoms with Crippen LogP contribution in [0.3, 0.4) is 0 Å². The van der Waals surface area contributed by atoms with Gasteiger partial charge in [-0.25, -0.2) is 9.97 Å². The van der Waals surface area contributed by atoms with Crippen molar-refractivity contribution in [1.29, 1.82) is 5.26 Å². The molecular formula is C14H14N4OS2. The van der Waals surface area contributed by atoms with Crippen molar-refractivity contribution in [3.63, 3.8) is 0 Å². The fraction of sp³-hybridized carbons (Fsp3) is 0.286. The summed E-state index contributed by atoms with van der Waals surface area (Å²) in [5.41, 5.74) is 1.41. The zero-order chi connectivity index (χ0) is 15.2. The monoisotopic (exact) mass is 318 g/mol. The number of thiazole rings is 1. The third-order valence-corrected chi connectivity index (χ3v) is 4.29. The summed E-state index contributed by atoms with van der Waals surface area (Å²) in [5, 5.41) is 14.8. The van der Waals surface area contributed by atoms with E-state index in [1.165, 1.54) is 23.1 Å². The summed E-state index contributed by atoms with van der Waals surface area (Å²) >= 11 is 2.63. The molecule has 7 heteroatoms. The lowest BCUT2D eigenvalue weighted by atomic mass is 10.1. The summed E-state index contributed by atoms with van der Waals surface area (Å²) in [6, 6.07) is 5.71. The van der Waals surface area contributed by atoms with Gasteiger partial charge < -0.3 is 5.32 Å². The fourth-order valence-corrected chi connectivity index (χ4v) is 2.87. The highest BCUT2D eigenvalue weighted by Gasteiger charge is 2.11. The van der Waals surface area contributed by atoms with Crippen LogP contribution in [0.2, 0.25) is 0 Å². The lowest BCUT2D eigenvalue weighted by Crippen LogP contribution is -2.14. The average molecular weight is 318 g/mol. The predicted molar refractivity (Wildman–Crippen MR) is 84.5 cm³/mol. The molecule has 0 aliphatic rings. The Morgan fingerprint density at radius 1 is 1.52 bits per heavy atom. The lowest BCUT2D eigenvalue weighted by molar-refractivity contribution is -0.113. The fourth-order valence-electron chi connectivity index (χ4n) is 1.55. The number of rotatable bonds is 5. The molecule has 21 heavy (non-hydrogen) atoms. The summed E-state index contributed by atoms with van der Waals surface area (Å²) in [6.45, 7) is 4.08. The maximum absolute atomic E-state index is 11.8. The van der Waals surface area contributed by atoms with Gasteiger partial charge in [-0.05, 0) is 18.1 Å². The molecule has 0 atom stereocenters. The summed E-state index contributed by atoms with van der Waals surface area (Å²) in [5.74, 6) is 0.319. The van der Waals surface area contributed by atoms with Gasteiger partial charge in [0.05, 0.1) is 11.3 Å². The van der Waals surface area contributed by atoms with E-state index in [1.807, 2.05) is 19.9 Å². The summed E-state index contributed by atoms with van der Waals surface area (Å²) in [7, 11) is 0. The van der Waals surface area contributed by atoms with Crippen molar-refractivity contribution in [2.24, 2.45) is 0 Å². The molecule has 0 radical (unpaired) electrons. The molecule has 0 aromatic carbocycles. The maximum atomic E-state index is 11.8. The minimum Gasteiger partial charge on any atom is -0.301 e. The molecule has 5 nitrogen and oxygen atoms in total. The molecule has 0 bridgehead atoms. The zero-order valence-electron chi connectivity index (χ0n) is 11.7. The first-order valence-corrected chi connectivity index (χ1v) is 8.20. The van der Waals surface area contributed by atoms with Gasteiger partial charge in [0.2, 0.25) is 5.91 Å². The predicted octanol–water partition coefficient (Wildman–Crippen LogP) is 3.26. The van der Waals surface area contributed by atoms with Crippen LogP contribution in [0.15, 0.2) is 28.7 Å². The van der Waals surface area contributed by atoms with Crippen LogP contribution in [-0.2, 0) is 4.79 Å². The number of amides is 1. The molecule has 0 aliphatic carbocycles. The molecule has 1 N–H and O–H groups in total. The molecule has 0 spiro atoms. The smallest absolute Gasteiger partial charge is 0.236 e. The van der Waals surface area contributed by atoms with Crippen molar-refractivity contribution in [2.45, 2.75) is 24.8 Å². The standard InChI is InChI=1S/C14H14N4OS2/c1-9(2)11-4-3-10(7-15)13(17-11)21-8-12(19)18-14-16-5-6-20-14/h3-6,9H,8H2,1-2H3,(H,16,18,19). The van der Waals surface area contributed by atoms with E-state index in [1.54, 1.807) is 17.6 Å². The van der Waals surface area contributed by atoms with Crippen LogP contribution in [0.25, 0.3) is 0 Å². The Labute approximate surface area is 131 Å². The number of hydrogen-bond donors (Lipinski definition) is 1. The van der Waals surface area contributed by atoms with E-state index in [-0.39, 0.29) is 17.6 Å². The third-order valence-electron chi connectivity index (χ3n) is 2.61. The highest BCUT2D eigenvalue weighted by molar-refractivity contribution is 8.00. The van der Waals surface area contributed by atoms with E-state index in [2.05, 4.69) is 21.4 Å². The molecule has 2 aromatic heterocycles. The molecule has 2 aromatic rings. The number of carbonyl (C=O) groups excluding carboxylic acids is 1. The quantitative estimate of drug-likeness (QED) is 0.856. The van der Waals surface area contributed by atoms with E-state index >= 15 is 0 Å². The lowest BCUT2D eigenvalue weighted by Gasteiger charge is -2.08. The number of anilines is 1. The van der Waals surface area contributed by atoms with Crippen LogP contribution in [0, 0.1) is 11.3 Å². The minimum atomic E-state index is -0.157. The Morgan fingerprint density at radius 2 is 2.33 bits per heavy atom. The van der Waals surface area contributed by atoms with Crippen molar-refractivity contribution in [3.8, 4) is 6.07 Å². The van der Waals surface area contributed by atoms with Gasteiger partial charge in [0.15, 0.2) is 5.13 Å². The first-order valence-electron chi connectivity index (χ1n) is 6.33. The van der Waals surface area contributed by atoms with Gasteiger partial charge in [-0.1, -0.05) is 25.6 Å². The van der Waals surface area contributed by atoms with Crippen molar-refractivity contribution < 1.29 is 4.79 Å². The third kappa shape index (κ3) is 4.28. The van der Waals surface area contributed by atoms with E-state index in [0.29, 0.717) is 15.7 Å². The highest BCUT2D eigenvalue weighted by Crippen LogP contribution is 2.23. The van der Waals surface area contributed by atoms with Gasteiger partial charge >= 0.3 is 0 Å². The van der Waals surface area contributed by atoms with Crippen molar-refractivity contribution >= 4 is 34.1 Å². The van der Waals surface area contributed by atoms with Gasteiger partial charge in [0, 0.05) is 17.3 Å². The Kier molecular flexibility index (Phi) is 5.31. The van der Waals surface area contributed by atoms with Gasteiger partial charge in [0.1, 0.15) is 11.1 Å². The first-order chi connectivity index (χ1) is 10.1. The maximum Gasteiger partial charge on any atom is 0.236 e. The molecule has 0 saturated heterocycles. The van der Waals surface area contributed by atoms with Crippen molar-refractivity contribution in [1.82, 2.24) is 9.97 Å². The topological polar surface area (TPSA) is 78.7 Å². The Balaban J connectivity index is 2.03. The minimum absolute atomic E-state index is 0.157. The number of thioether (sulfide) groups is 1. The van der Waals surface area contributed by atoms with Crippen LogP contribution in [0.4, 0.5) is 5.13 Å². The highest BCUT2D eigenvalue weighted by atomic mass is 32.2. The summed E-state index contributed by atoms with van der Waals surface area (Å²) in [4.78, 5) is 20.3. The van der Waals surface area contributed by atoms with E-state index in [0.717, 1.165) is 5.69 Å². The number of hydrogen-bond acceptors (Lipinski definition) is 6. The van der Waals surface area contributed by atoms with Gasteiger partial charge in [-0.15, -0.1) is 11.3 Å². The molecule has 2 heterocycles. The van der Waals surface area contributed by atoms with E-state index < -0.39 is 0 Å². The molecule has 0 saturated carbocycles. The van der Waals surface area contributed by atoms with E-state index in [9.17, 15) is 4.79 Å². The largest absolute Gasteiger partial charge is 0.301 e. The Bertz CT molecular complexity index is 662. The molecule has 0 fully saturated rings. The van der Waals surface area contributed by atoms with Gasteiger partial charge in [-0.2, -0.15) is 5.26 Å². The number of nitrogens with zero attached hydrogens (tertiary/aromatic N) is 3. The van der Waals surface area contributed by atoms with Crippen molar-refractivity contribution in [3.05, 3.63) is 35.0 Å². The molecule has 0 aliphatic heterocycles. The molecule has 1 amide bonds. The number of nitrogens with one attached hydrogen (secondary N) is 1. The molecule has 0 unspecified atom stereocenters. The molecule has 108 valence electrons. The summed E-state index contributed by atoms with van der Waals surface area (Å²) in [6.07, 6.45) is 1.63. The molecule has 2 rings (SSSR count). The van der Waals surface area contributed by atoms with Crippen LogP contribution in [-0.4, -0.2) is 21.6 Å². The average Bonchev–Trinajstić information content (AvgIpc) is 2.97. The summed E-state index contributed by atoms with van der Waals surface area (Å²) < 4.78 is 0. The second kappa shape index (κ2) is 7.20. The molecular weight excluding hydrogens is 304 g/mol. The van der Waals surface area contributed by atoms with Gasteiger partial charge in [0.25, 0.3) is 0 Å². The van der Waals surface area contributed by atoms with Crippen LogP contribution < -0.4 is 5.32 Å². The van der Waals surface area contributed by atoms with E-state index in [4.69, 9.17) is 5.26 Å². The van der Waals surface area contributed by atoms with Crippen molar-refractivity contribution in [2.75, 3.05) is 11.1 Å². The van der Waals surface area contributed by atoms with Crippen LogP contribution in [0.5, 0.6) is 0 Å². The zero-order valence-corrected chi connectivity index (χ0v) is 13.3. The van der Waals surface area contributed by atoms with Gasteiger partial charge in [-0.3, -0.25) is 4.79 Å². The SMILES string of the molecule is CC(C)c1ccc(C#N)c(SCC(=O)Nc2nccs2)n1. The second-order valence-corrected chi connectivity index (χ2v) is 6.39. The normalized spacial score (nSPS) is 10.4. The number of aromatic nitrogens is 2. The van der Waals surface area contributed by atoms with Crippen LogP contribution >= 0.6 is 23.1 Å². The Morgan fingerprint density at radius 3 is 2.95 bits per heavy atom. The Hall–Kier alpha value is -1.91.